The van der Waals surface area contributed by atoms with E-state index in [1.54, 1.807) is 14.0 Å². The van der Waals surface area contributed by atoms with Gasteiger partial charge in [-0.3, -0.25) is 0 Å². The monoisotopic (exact) mass is 290 g/mol. The number of hydrogen-bond acceptors (Lipinski definition) is 3. The van der Waals surface area contributed by atoms with Gasteiger partial charge >= 0.3 is 5.97 Å². The Balaban J connectivity index is 2.32. The minimum atomic E-state index is -0.901. The second-order valence-corrected chi connectivity index (χ2v) is 5.45. The average Bonchev–Trinajstić information content (AvgIpc) is 2.98. The molecule has 0 unspecified atom stereocenters. The van der Waals surface area contributed by atoms with E-state index >= 15 is 0 Å². The number of carbonyl (C=O) groups is 1. The zero-order valence-corrected chi connectivity index (χ0v) is 12.8. The van der Waals surface area contributed by atoms with Crippen LogP contribution < -0.4 is 9.47 Å². The van der Waals surface area contributed by atoms with Gasteiger partial charge in [-0.15, -0.1) is 0 Å². The van der Waals surface area contributed by atoms with Gasteiger partial charge in [0.05, 0.1) is 13.2 Å². The van der Waals surface area contributed by atoms with Crippen LogP contribution in [0.3, 0.4) is 0 Å². The maximum atomic E-state index is 11.1. The second-order valence-electron chi connectivity index (χ2n) is 5.45. The number of allylic oxidation sites excluding steroid dienone is 1. The summed E-state index contributed by atoms with van der Waals surface area (Å²) in [7, 11) is 1.61. The van der Waals surface area contributed by atoms with Gasteiger partial charge in [0.15, 0.2) is 11.5 Å². The summed E-state index contributed by atoms with van der Waals surface area (Å²) in [5, 5.41) is 9.10. The van der Waals surface area contributed by atoms with Gasteiger partial charge < -0.3 is 14.6 Å². The van der Waals surface area contributed by atoms with Gasteiger partial charge in [0.1, 0.15) is 0 Å². The zero-order valence-electron chi connectivity index (χ0n) is 12.8. The molecule has 1 aromatic rings. The Kier molecular flexibility index (Phi) is 4.89. The predicted molar refractivity (Wildman–Crippen MR) is 81.8 cm³/mol. The SMILES string of the molecule is COc1ccc(C(C)=C(C)C(=O)O)cc1OC1CCCC1. The number of benzene rings is 1. The largest absolute Gasteiger partial charge is 0.493 e. The van der Waals surface area contributed by atoms with Crippen LogP contribution in [0.25, 0.3) is 5.57 Å². The van der Waals surface area contributed by atoms with Crippen LogP contribution in [0.5, 0.6) is 11.5 Å². The first-order valence-corrected chi connectivity index (χ1v) is 7.28. The third-order valence-electron chi connectivity index (χ3n) is 4.08. The normalized spacial score (nSPS) is 16.5. The van der Waals surface area contributed by atoms with E-state index in [1.807, 2.05) is 25.1 Å². The van der Waals surface area contributed by atoms with Gasteiger partial charge in [-0.1, -0.05) is 6.07 Å². The molecule has 0 bridgehead atoms. The summed E-state index contributed by atoms with van der Waals surface area (Å²) in [6, 6.07) is 5.57. The molecule has 2 rings (SSSR count). The molecule has 4 heteroatoms. The van der Waals surface area contributed by atoms with E-state index in [2.05, 4.69) is 0 Å². The van der Waals surface area contributed by atoms with E-state index in [0.717, 1.165) is 24.0 Å². The molecular weight excluding hydrogens is 268 g/mol. The molecule has 21 heavy (non-hydrogen) atoms. The fraction of sp³-hybridized carbons (Fsp3) is 0.471. The highest BCUT2D eigenvalue weighted by atomic mass is 16.5. The Morgan fingerprint density at radius 2 is 1.86 bits per heavy atom. The van der Waals surface area contributed by atoms with Crippen molar-refractivity contribution < 1.29 is 19.4 Å². The topological polar surface area (TPSA) is 55.8 Å². The number of aliphatic carboxylic acids is 1. The molecule has 4 nitrogen and oxygen atoms in total. The Morgan fingerprint density at radius 1 is 1.19 bits per heavy atom. The molecule has 0 aromatic heterocycles. The number of methoxy groups -OCH3 is 1. The van der Waals surface area contributed by atoms with Crippen molar-refractivity contribution >= 4 is 11.5 Å². The van der Waals surface area contributed by atoms with Crippen molar-refractivity contribution in [3.8, 4) is 11.5 Å². The van der Waals surface area contributed by atoms with Crippen LogP contribution in [0.15, 0.2) is 23.8 Å². The molecule has 0 spiro atoms. The Morgan fingerprint density at radius 3 is 2.43 bits per heavy atom. The molecule has 1 aliphatic rings. The molecule has 1 aliphatic carbocycles. The van der Waals surface area contributed by atoms with E-state index < -0.39 is 5.97 Å². The first kappa shape index (κ1) is 15.4. The fourth-order valence-corrected chi connectivity index (χ4v) is 2.56. The third kappa shape index (κ3) is 3.57. The maximum absolute atomic E-state index is 11.1. The minimum Gasteiger partial charge on any atom is -0.493 e. The van der Waals surface area contributed by atoms with Gasteiger partial charge in [-0.2, -0.15) is 0 Å². The van der Waals surface area contributed by atoms with Crippen LogP contribution in [0.1, 0.15) is 45.1 Å². The summed E-state index contributed by atoms with van der Waals surface area (Å²) in [5.41, 5.74) is 1.93. The molecule has 0 amide bonds. The van der Waals surface area contributed by atoms with E-state index in [4.69, 9.17) is 14.6 Å². The quantitative estimate of drug-likeness (QED) is 0.836. The highest BCUT2D eigenvalue weighted by Gasteiger charge is 2.19. The van der Waals surface area contributed by atoms with E-state index in [9.17, 15) is 4.79 Å². The standard InChI is InChI=1S/C17H22O4/c1-11(12(2)17(18)19)13-8-9-15(20-3)16(10-13)21-14-6-4-5-7-14/h8-10,14H,4-7H2,1-3H3,(H,18,19). The lowest BCUT2D eigenvalue weighted by molar-refractivity contribution is -0.132. The molecule has 0 heterocycles. The van der Waals surface area contributed by atoms with E-state index in [0.29, 0.717) is 17.1 Å². The first-order valence-electron chi connectivity index (χ1n) is 7.28. The first-order chi connectivity index (χ1) is 10.0. The molecule has 0 atom stereocenters. The Hall–Kier alpha value is -1.97. The number of ether oxygens (including phenoxy) is 2. The maximum Gasteiger partial charge on any atom is 0.331 e. The summed E-state index contributed by atoms with van der Waals surface area (Å²) in [4.78, 5) is 11.1. The highest BCUT2D eigenvalue weighted by molar-refractivity contribution is 5.95. The van der Waals surface area contributed by atoms with Gasteiger partial charge in [-0.05, 0) is 62.8 Å². The summed E-state index contributed by atoms with van der Waals surface area (Å²) in [6.45, 7) is 3.42. The smallest absolute Gasteiger partial charge is 0.331 e. The second kappa shape index (κ2) is 6.66. The van der Waals surface area contributed by atoms with Gasteiger partial charge in [0, 0.05) is 5.57 Å². The molecular formula is C17H22O4. The molecule has 1 fully saturated rings. The van der Waals surface area contributed by atoms with Crippen molar-refractivity contribution in [3.05, 3.63) is 29.3 Å². The summed E-state index contributed by atoms with van der Waals surface area (Å²) >= 11 is 0. The van der Waals surface area contributed by atoms with Crippen LogP contribution >= 0.6 is 0 Å². The Labute approximate surface area is 125 Å². The zero-order chi connectivity index (χ0) is 15.4. The molecule has 0 aliphatic heterocycles. The molecule has 1 aromatic carbocycles. The van der Waals surface area contributed by atoms with Crippen molar-refractivity contribution in [1.29, 1.82) is 0 Å². The average molecular weight is 290 g/mol. The summed E-state index contributed by atoms with van der Waals surface area (Å²) < 4.78 is 11.4. The van der Waals surface area contributed by atoms with Crippen LogP contribution in [0.4, 0.5) is 0 Å². The van der Waals surface area contributed by atoms with Crippen molar-refractivity contribution in [1.82, 2.24) is 0 Å². The molecule has 1 N–H and O–H groups in total. The number of carboxylic acid groups (broad SMARTS) is 1. The van der Waals surface area contributed by atoms with Crippen LogP contribution in [0, 0.1) is 0 Å². The lowest BCUT2D eigenvalue weighted by Gasteiger charge is -2.17. The number of hydrogen-bond donors (Lipinski definition) is 1. The van der Waals surface area contributed by atoms with Gasteiger partial charge in [-0.25, -0.2) is 4.79 Å². The lowest BCUT2D eigenvalue weighted by Crippen LogP contribution is -2.11. The van der Waals surface area contributed by atoms with Gasteiger partial charge in [0.2, 0.25) is 0 Å². The molecule has 0 radical (unpaired) electrons. The van der Waals surface area contributed by atoms with Crippen molar-refractivity contribution in [2.24, 2.45) is 0 Å². The van der Waals surface area contributed by atoms with E-state index in [-0.39, 0.29) is 6.10 Å². The van der Waals surface area contributed by atoms with Crippen molar-refractivity contribution in [2.45, 2.75) is 45.6 Å². The van der Waals surface area contributed by atoms with Crippen LogP contribution in [-0.4, -0.2) is 24.3 Å². The fourth-order valence-electron chi connectivity index (χ4n) is 2.56. The summed E-state index contributed by atoms with van der Waals surface area (Å²) in [5.74, 6) is 0.479. The predicted octanol–water partition coefficient (Wildman–Crippen LogP) is 3.89. The van der Waals surface area contributed by atoms with Crippen LogP contribution in [-0.2, 0) is 4.79 Å². The summed E-state index contributed by atoms with van der Waals surface area (Å²) in [6.07, 6.45) is 4.76. The number of carboxylic acids is 1. The lowest BCUT2D eigenvalue weighted by atomic mass is 10.0. The molecule has 114 valence electrons. The third-order valence-corrected chi connectivity index (χ3v) is 4.08. The molecule has 1 saturated carbocycles. The van der Waals surface area contributed by atoms with Crippen LogP contribution in [0.2, 0.25) is 0 Å². The minimum absolute atomic E-state index is 0.235. The highest BCUT2D eigenvalue weighted by Crippen LogP contribution is 2.34. The van der Waals surface area contributed by atoms with Crippen molar-refractivity contribution in [2.75, 3.05) is 7.11 Å². The Bertz CT molecular complexity index is 554. The van der Waals surface area contributed by atoms with Crippen molar-refractivity contribution in [3.63, 3.8) is 0 Å². The van der Waals surface area contributed by atoms with E-state index in [1.165, 1.54) is 12.8 Å². The number of rotatable bonds is 5. The van der Waals surface area contributed by atoms with Gasteiger partial charge in [0.25, 0.3) is 0 Å². The molecule has 0 saturated heterocycles.